The molecular weight excluding hydrogens is 496 g/mol. The van der Waals surface area contributed by atoms with E-state index in [1.54, 1.807) is 0 Å². The van der Waals surface area contributed by atoms with Crippen LogP contribution in [0.25, 0.3) is 87.3 Å². The highest BCUT2D eigenvalue weighted by Gasteiger charge is 2.21. The van der Waals surface area contributed by atoms with Crippen molar-refractivity contribution in [2.24, 2.45) is 0 Å². The van der Waals surface area contributed by atoms with Crippen molar-refractivity contribution in [3.63, 3.8) is 0 Å². The first-order valence-corrected chi connectivity index (χ1v) is 14.1. The molecule has 0 saturated heterocycles. The summed E-state index contributed by atoms with van der Waals surface area (Å²) in [7, 11) is 0. The van der Waals surface area contributed by atoms with E-state index in [0.29, 0.717) is 0 Å². The van der Waals surface area contributed by atoms with E-state index in [1.165, 1.54) is 76.1 Å². The van der Waals surface area contributed by atoms with Crippen molar-refractivity contribution >= 4 is 65.0 Å². The molecule has 0 radical (unpaired) electrons. The number of rotatable bonds is 2. The van der Waals surface area contributed by atoms with E-state index in [2.05, 4.69) is 146 Å². The largest absolute Gasteiger partial charge is 0.456 e. The Morgan fingerprint density at radius 2 is 0.902 bits per heavy atom. The first-order valence-electron chi connectivity index (χ1n) is 14.1. The van der Waals surface area contributed by atoms with Gasteiger partial charge in [0.2, 0.25) is 0 Å². The summed E-state index contributed by atoms with van der Waals surface area (Å²) in [6.45, 7) is 0. The normalized spacial score (nSPS) is 11.9. The van der Waals surface area contributed by atoms with E-state index in [-0.39, 0.29) is 0 Å². The zero-order valence-corrected chi connectivity index (χ0v) is 22.3. The fourth-order valence-electron chi connectivity index (χ4n) is 6.87. The Hall–Kier alpha value is -5.40. The fraction of sp³-hybridized carbons (Fsp3) is 0. The van der Waals surface area contributed by atoms with Crippen LogP contribution < -0.4 is 0 Å². The predicted octanol–water partition coefficient (Wildman–Crippen LogP) is 11.5. The molecule has 0 aliphatic carbocycles. The molecule has 1 heterocycles. The van der Waals surface area contributed by atoms with Crippen molar-refractivity contribution in [1.29, 1.82) is 0 Å². The van der Waals surface area contributed by atoms with Gasteiger partial charge in [-0.25, -0.2) is 0 Å². The summed E-state index contributed by atoms with van der Waals surface area (Å²) >= 11 is 0. The SMILES string of the molecule is c1ccc2cc(-c3c4ccccc4c(-c4cccc5oc6ccc7ccccc7c6c45)c4ccccc34)ccc2c1. The Bertz CT molecular complexity index is 2420. The summed E-state index contributed by atoms with van der Waals surface area (Å²) in [6, 6.07) is 52.6. The van der Waals surface area contributed by atoms with Crippen LogP contribution in [-0.4, -0.2) is 0 Å². The van der Waals surface area contributed by atoms with E-state index in [4.69, 9.17) is 4.42 Å². The van der Waals surface area contributed by atoms with Crippen LogP contribution in [0.5, 0.6) is 0 Å². The third-order valence-corrected chi connectivity index (χ3v) is 8.63. The second-order valence-electron chi connectivity index (χ2n) is 10.8. The van der Waals surface area contributed by atoms with E-state index < -0.39 is 0 Å². The number of hydrogen-bond donors (Lipinski definition) is 0. The van der Waals surface area contributed by atoms with Crippen molar-refractivity contribution in [3.05, 3.63) is 146 Å². The van der Waals surface area contributed by atoms with Gasteiger partial charge < -0.3 is 4.42 Å². The lowest BCUT2D eigenvalue weighted by Crippen LogP contribution is -1.91. The second-order valence-corrected chi connectivity index (χ2v) is 10.8. The Morgan fingerprint density at radius 1 is 0.341 bits per heavy atom. The smallest absolute Gasteiger partial charge is 0.136 e. The first-order chi connectivity index (χ1) is 20.3. The standard InChI is InChI=1S/C40H24O/c1-2-12-27-24-28(21-20-25(27)10-1)37-30-14-5-7-16-32(30)38(33-17-8-6-15-31(33)37)34-18-9-19-35-40(34)39-29-13-4-3-11-26(29)22-23-36(39)41-35/h1-24H. The molecule has 41 heavy (non-hydrogen) atoms. The van der Waals surface area contributed by atoms with Gasteiger partial charge in [-0.2, -0.15) is 0 Å². The Morgan fingerprint density at radius 3 is 1.63 bits per heavy atom. The van der Waals surface area contributed by atoms with Crippen LogP contribution in [0.2, 0.25) is 0 Å². The molecule has 8 aromatic carbocycles. The molecule has 0 spiro atoms. The maximum absolute atomic E-state index is 6.48. The lowest BCUT2D eigenvalue weighted by molar-refractivity contribution is 0.669. The van der Waals surface area contributed by atoms with Crippen LogP contribution >= 0.6 is 0 Å². The third-order valence-electron chi connectivity index (χ3n) is 8.63. The molecule has 0 N–H and O–H groups in total. The van der Waals surface area contributed by atoms with E-state index in [1.807, 2.05) is 0 Å². The van der Waals surface area contributed by atoms with Crippen molar-refractivity contribution in [1.82, 2.24) is 0 Å². The highest BCUT2D eigenvalue weighted by Crippen LogP contribution is 2.47. The van der Waals surface area contributed by atoms with Crippen molar-refractivity contribution in [2.75, 3.05) is 0 Å². The molecule has 0 amide bonds. The average Bonchev–Trinajstić information content (AvgIpc) is 3.43. The third kappa shape index (κ3) is 3.24. The summed E-state index contributed by atoms with van der Waals surface area (Å²) in [4.78, 5) is 0. The summed E-state index contributed by atoms with van der Waals surface area (Å²) in [6.07, 6.45) is 0. The highest BCUT2D eigenvalue weighted by molar-refractivity contribution is 6.28. The van der Waals surface area contributed by atoms with Crippen LogP contribution in [0.1, 0.15) is 0 Å². The summed E-state index contributed by atoms with van der Waals surface area (Å²) in [5.41, 5.74) is 6.81. The number of fused-ring (bicyclic) bond motifs is 8. The van der Waals surface area contributed by atoms with Gasteiger partial charge in [-0.3, -0.25) is 0 Å². The van der Waals surface area contributed by atoms with Crippen LogP contribution in [0.15, 0.2) is 150 Å². The van der Waals surface area contributed by atoms with Crippen LogP contribution in [0, 0.1) is 0 Å². The van der Waals surface area contributed by atoms with Crippen LogP contribution in [0.3, 0.4) is 0 Å². The van der Waals surface area contributed by atoms with Gasteiger partial charge in [0.1, 0.15) is 11.2 Å². The molecular formula is C40H24O. The number of hydrogen-bond acceptors (Lipinski definition) is 1. The quantitative estimate of drug-likeness (QED) is 0.207. The van der Waals surface area contributed by atoms with Crippen LogP contribution in [0.4, 0.5) is 0 Å². The van der Waals surface area contributed by atoms with Crippen molar-refractivity contribution < 1.29 is 4.42 Å². The van der Waals surface area contributed by atoms with Crippen LogP contribution in [-0.2, 0) is 0 Å². The maximum atomic E-state index is 6.48. The van der Waals surface area contributed by atoms with E-state index >= 15 is 0 Å². The summed E-state index contributed by atoms with van der Waals surface area (Å²) in [5.74, 6) is 0. The van der Waals surface area contributed by atoms with Gasteiger partial charge in [-0.15, -0.1) is 0 Å². The molecule has 0 aliphatic rings. The van der Waals surface area contributed by atoms with Gasteiger partial charge in [-0.1, -0.05) is 127 Å². The van der Waals surface area contributed by atoms with Gasteiger partial charge in [0.15, 0.2) is 0 Å². The van der Waals surface area contributed by atoms with E-state index in [0.717, 1.165) is 11.2 Å². The minimum atomic E-state index is 0.917. The minimum Gasteiger partial charge on any atom is -0.456 e. The van der Waals surface area contributed by atoms with Gasteiger partial charge in [-0.05, 0) is 83.5 Å². The van der Waals surface area contributed by atoms with Gasteiger partial charge >= 0.3 is 0 Å². The van der Waals surface area contributed by atoms with Gasteiger partial charge in [0.25, 0.3) is 0 Å². The first kappa shape index (κ1) is 22.4. The molecule has 9 aromatic rings. The lowest BCUT2D eigenvalue weighted by atomic mass is 9.84. The Kier molecular flexibility index (Phi) is 4.67. The Balaban J connectivity index is 1.46. The molecule has 1 heteroatoms. The molecule has 0 bridgehead atoms. The topological polar surface area (TPSA) is 13.1 Å². The summed E-state index contributed by atoms with van der Waals surface area (Å²) in [5, 5.41) is 12.3. The van der Waals surface area contributed by atoms with Crippen molar-refractivity contribution in [2.45, 2.75) is 0 Å². The second kappa shape index (κ2) is 8.55. The van der Waals surface area contributed by atoms with Gasteiger partial charge in [0.05, 0.1) is 0 Å². The molecule has 0 fully saturated rings. The minimum absolute atomic E-state index is 0.917. The zero-order valence-electron chi connectivity index (χ0n) is 22.3. The van der Waals surface area contributed by atoms with Gasteiger partial charge in [0, 0.05) is 10.8 Å². The highest BCUT2D eigenvalue weighted by atomic mass is 16.3. The molecule has 9 rings (SSSR count). The monoisotopic (exact) mass is 520 g/mol. The zero-order chi connectivity index (χ0) is 26.9. The molecule has 0 atom stereocenters. The molecule has 1 nitrogen and oxygen atoms in total. The molecule has 190 valence electrons. The fourth-order valence-corrected chi connectivity index (χ4v) is 6.87. The van der Waals surface area contributed by atoms with E-state index in [9.17, 15) is 0 Å². The number of furan rings is 1. The average molecular weight is 521 g/mol. The molecule has 0 aliphatic heterocycles. The lowest BCUT2D eigenvalue weighted by Gasteiger charge is -2.18. The molecule has 0 unspecified atom stereocenters. The Labute approximate surface area is 236 Å². The maximum Gasteiger partial charge on any atom is 0.136 e. The number of benzene rings is 8. The predicted molar refractivity (Wildman–Crippen MR) is 175 cm³/mol. The van der Waals surface area contributed by atoms with Crippen molar-refractivity contribution in [3.8, 4) is 22.3 Å². The molecule has 0 saturated carbocycles. The summed E-state index contributed by atoms with van der Waals surface area (Å²) < 4.78 is 6.48. The molecule has 1 aromatic heterocycles.